The van der Waals surface area contributed by atoms with E-state index in [2.05, 4.69) is 15.5 Å². The molecule has 0 radical (unpaired) electrons. The first-order valence-corrected chi connectivity index (χ1v) is 7.93. The van der Waals surface area contributed by atoms with Crippen LogP contribution in [0.15, 0.2) is 17.3 Å². The fourth-order valence-corrected chi connectivity index (χ4v) is 2.80. The van der Waals surface area contributed by atoms with Crippen LogP contribution in [0.25, 0.3) is 0 Å². The van der Waals surface area contributed by atoms with Crippen molar-refractivity contribution in [3.63, 3.8) is 0 Å². The number of rotatable bonds is 4. The Balaban J connectivity index is 1.99. The molecule has 2 aromatic rings. The van der Waals surface area contributed by atoms with Crippen LogP contribution in [0.1, 0.15) is 5.82 Å². The van der Waals surface area contributed by atoms with Crippen LogP contribution in [0, 0.1) is 6.92 Å². The summed E-state index contributed by atoms with van der Waals surface area (Å²) in [6, 6.07) is 3.00. The van der Waals surface area contributed by atoms with E-state index in [9.17, 15) is 4.79 Å². The van der Waals surface area contributed by atoms with Crippen molar-refractivity contribution >= 4 is 58.2 Å². The number of carbonyl (C=O) groups excluding carboxylic acids is 1. The number of hydrogen-bond donors (Lipinski definition) is 1. The van der Waals surface area contributed by atoms with Gasteiger partial charge in [-0.3, -0.25) is 4.79 Å². The molecule has 0 saturated heterocycles. The fourth-order valence-electron chi connectivity index (χ4n) is 1.45. The van der Waals surface area contributed by atoms with Gasteiger partial charge in [0.2, 0.25) is 5.91 Å². The zero-order chi connectivity index (χ0) is 15.6. The molecule has 0 bridgehead atoms. The van der Waals surface area contributed by atoms with Gasteiger partial charge in [0.1, 0.15) is 5.82 Å². The van der Waals surface area contributed by atoms with Gasteiger partial charge in [-0.2, -0.15) is 0 Å². The molecule has 5 nitrogen and oxygen atoms in total. The third kappa shape index (κ3) is 4.03. The smallest absolute Gasteiger partial charge is 0.234 e. The van der Waals surface area contributed by atoms with E-state index in [4.69, 9.17) is 34.8 Å². The molecule has 0 saturated carbocycles. The highest BCUT2D eigenvalue weighted by Gasteiger charge is 2.12. The highest BCUT2D eigenvalue weighted by molar-refractivity contribution is 7.99. The molecule has 1 heterocycles. The van der Waals surface area contributed by atoms with Gasteiger partial charge in [0, 0.05) is 7.05 Å². The lowest BCUT2D eigenvalue weighted by Crippen LogP contribution is -2.14. The van der Waals surface area contributed by atoms with Gasteiger partial charge in [-0.05, 0) is 19.1 Å². The molecule has 0 spiro atoms. The van der Waals surface area contributed by atoms with Crippen LogP contribution in [0.4, 0.5) is 5.69 Å². The van der Waals surface area contributed by atoms with Crippen molar-refractivity contribution in [3.8, 4) is 0 Å². The van der Waals surface area contributed by atoms with Crippen molar-refractivity contribution in [1.82, 2.24) is 14.8 Å². The first-order chi connectivity index (χ1) is 9.88. The number of carbonyl (C=O) groups is 1. The van der Waals surface area contributed by atoms with Gasteiger partial charge in [-0.15, -0.1) is 10.2 Å². The van der Waals surface area contributed by atoms with Gasteiger partial charge in [0.15, 0.2) is 5.16 Å². The zero-order valence-electron chi connectivity index (χ0n) is 11.2. The average molecular weight is 366 g/mol. The Morgan fingerprint density at radius 3 is 2.52 bits per heavy atom. The molecule has 0 aliphatic rings. The first kappa shape index (κ1) is 16.4. The molecule has 0 atom stereocenters. The molecule has 9 heteroatoms. The second kappa shape index (κ2) is 6.87. The predicted molar refractivity (Wildman–Crippen MR) is 86.6 cm³/mol. The van der Waals surface area contributed by atoms with E-state index < -0.39 is 0 Å². The SMILES string of the molecule is Cc1nnc(SCC(=O)Nc2cc(Cl)c(Cl)cc2Cl)n1C. The fraction of sp³-hybridized carbons (Fsp3) is 0.250. The van der Waals surface area contributed by atoms with E-state index in [1.54, 1.807) is 0 Å². The summed E-state index contributed by atoms with van der Waals surface area (Å²) >= 11 is 19.0. The molecular weight excluding hydrogens is 355 g/mol. The van der Waals surface area contributed by atoms with Gasteiger partial charge in [-0.1, -0.05) is 46.6 Å². The largest absolute Gasteiger partial charge is 0.324 e. The minimum Gasteiger partial charge on any atom is -0.324 e. The van der Waals surface area contributed by atoms with Gasteiger partial charge in [0.05, 0.1) is 26.5 Å². The normalized spacial score (nSPS) is 10.7. The molecule has 0 aliphatic heterocycles. The topological polar surface area (TPSA) is 59.8 Å². The third-order valence-corrected chi connectivity index (χ3v) is 4.72. The number of nitrogens with zero attached hydrogens (tertiary/aromatic N) is 3. The maximum absolute atomic E-state index is 11.9. The minimum atomic E-state index is -0.221. The quantitative estimate of drug-likeness (QED) is 0.661. The number of aryl methyl sites for hydroxylation is 1. The number of anilines is 1. The Morgan fingerprint density at radius 2 is 1.90 bits per heavy atom. The molecule has 0 unspecified atom stereocenters. The summed E-state index contributed by atoms with van der Waals surface area (Å²) in [5, 5.41) is 12.2. The van der Waals surface area contributed by atoms with Crippen molar-refractivity contribution in [2.75, 3.05) is 11.1 Å². The molecule has 112 valence electrons. The van der Waals surface area contributed by atoms with E-state index in [0.717, 1.165) is 5.82 Å². The van der Waals surface area contributed by atoms with E-state index in [0.29, 0.717) is 25.9 Å². The molecule has 1 aromatic carbocycles. The van der Waals surface area contributed by atoms with Crippen LogP contribution in [0.3, 0.4) is 0 Å². The standard InChI is InChI=1S/C12H11Cl3N4OS/c1-6-17-18-12(19(6)2)21-5-11(20)16-10-4-8(14)7(13)3-9(10)15/h3-4H,5H2,1-2H3,(H,16,20). The zero-order valence-corrected chi connectivity index (χ0v) is 14.2. The lowest BCUT2D eigenvalue weighted by Gasteiger charge is -2.08. The van der Waals surface area contributed by atoms with Gasteiger partial charge >= 0.3 is 0 Å². The number of aromatic nitrogens is 3. The van der Waals surface area contributed by atoms with Crippen molar-refractivity contribution in [1.29, 1.82) is 0 Å². The molecule has 0 fully saturated rings. The van der Waals surface area contributed by atoms with Crippen LogP contribution in [-0.2, 0) is 11.8 Å². The predicted octanol–water partition coefficient (Wildman–Crippen LogP) is 3.81. The number of hydrogen-bond acceptors (Lipinski definition) is 4. The maximum atomic E-state index is 11.9. The number of nitrogens with one attached hydrogen (secondary N) is 1. The maximum Gasteiger partial charge on any atom is 0.234 e. The summed E-state index contributed by atoms with van der Waals surface area (Å²) < 4.78 is 1.81. The van der Waals surface area contributed by atoms with E-state index >= 15 is 0 Å². The lowest BCUT2D eigenvalue weighted by molar-refractivity contribution is -0.113. The van der Waals surface area contributed by atoms with E-state index in [-0.39, 0.29) is 11.7 Å². The molecule has 21 heavy (non-hydrogen) atoms. The van der Waals surface area contributed by atoms with Crippen molar-refractivity contribution in [3.05, 3.63) is 33.0 Å². The highest BCUT2D eigenvalue weighted by atomic mass is 35.5. The number of halogens is 3. The molecule has 1 N–H and O–H groups in total. The van der Waals surface area contributed by atoms with Crippen LogP contribution in [0.5, 0.6) is 0 Å². The van der Waals surface area contributed by atoms with E-state index in [1.165, 1.54) is 23.9 Å². The summed E-state index contributed by atoms with van der Waals surface area (Å²) in [5.74, 6) is 0.745. The number of amides is 1. The molecule has 0 aliphatic carbocycles. The molecule has 1 aromatic heterocycles. The average Bonchev–Trinajstić information content (AvgIpc) is 2.74. The Kier molecular flexibility index (Phi) is 5.37. The highest BCUT2D eigenvalue weighted by Crippen LogP contribution is 2.32. The van der Waals surface area contributed by atoms with Crippen molar-refractivity contribution < 1.29 is 4.79 Å². The van der Waals surface area contributed by atoms with Gasteiger partial charge in [0.25, 0.3) is 0 Å². The van der Waals surface area contributed by atoms with Crippen LogP contribution < -0.4 is 5.32 Å². The van der Waals surface area contributed by atoms with Gasteiger partial charge < -0.3 is 9.88 Å². The van der Waals surface area contributed by atoms with Crippen molar-refractivity contribution in [2.45, 2.75) is 12.1 Å². The monoisotopic (exact) mass is 364 g/mol. The lowest BCUT2D eigenvalue weighted by atomic mass is 10.3. The third-order valence-electron chi connectivity index (χ3n) is 2.67. The van der Waals surface area contributed by atoms with Crippen molar-refractivity contribution in [2.24, 2.45) is 7.05 Å². The molecular formula is C12H11Cl3N4OS. The first-order valence-electron chi connectivity index (χ1n) is 5.81. The number of thioether (sulfide) groups is 1. The Hall–Kier alpha value is -0.950. The number of benzene rings is 1. The second-order valence-electron chi connectivity index (χ2n) is 4.17. The molecule has 1 amide bonds. The summed E-state index contributed by atoms with van der Waals surface area (Å²) in [6.45, 7) is 1.84. The van der Waals surface area contributed by atoms with Gasteiger partial charge in [-0.25, -0.2) is 0 Å². The summed E-state index contributed by atoms with van der Waals surface area (Å²) in [4.78, 5) is 11.9. The minimum absolute atomic E-state index is 0.183. The van der Waals surface area contributed by atoms with Crippen LogP contribution >= 0.6 is 46.6 Å². The van der Waals surface area contributed by atoms with E-state index in [1.807, 2.05) is 18.5 Å². The Morgan fingerprint density at radius 1 is 1.24 bits per heavy atom. The Labute approximate surface area is 141 Å². The Bertz CT molecular complexity index is 689. The summed E-state index contributed by atoms with van der Waals surface area (Å²) in [6.07, 6.45) is 0. The molecule has 2 rings (SSSR count). The van der Waals surface area contributed by atoms with Crippen LogP contribution in [-0.4, -0.2) is 26.4 Å². The summed E-state index contributed by atoms with van der Waals surface area (Å²) in [5.41, 5.74) is 0.422. The second-order valence-corrected chi connectivity index (χ2v) is 6.34. The summed E-state index contributed by atoms with van der Waals surface area (Å²) in [7, 11) is 1.84. The van der Waals surface area contributed by atoms with Crippen LogP contribution in [0.2, 0.25) is 15.1 Å².